The summed E-state index contributed by atoms with van der Waals surface area (Å²) in [4.78, 5) is 9.99. The largest absolute Gasteiger partial charge is 0.436 e. The van der Waals surface area contributed by atoms with Crippen molar-refractivity contribution < 1.29 is 4.42 Å². The van der Waals surface area contributed by atoms with Crippen LogP contribution in [0.4, 0.5) is 5.69 Å². The molecule has 0 N–H and O–H groups in total. The molecule has 0 unspecified atom stereocenters. The molecule has 1 heterocycles. The van der Waals surface area contributed by atoms with Crippen molar-refractivity contribution in [3.63, 3.8) is 0 Å². The average Bonchev–Trinajstić information content (AvgIpc) is 3.51. The topological polar surface area (TPSA) is 38.4 Å². The molecule has 3 nitrogen and oxygen atoms in total. The van der Waals surface area contributed by atoms with Crippen molar-refractivity contribution in [1.29, 1.82) is 0 Å². The Bertz CT molecular complexity index is 2210. The van der Waals surface area contributed by atoms with Crippen molar-refractivity contribution >= 4 is 33.8 Å². The van der Waals surface area contributed by atoms with Crippen LogP contribution in [0, 0.1) is 0 Å². The van der Waals surface area contributed by atoms with Crippen LogP contribution >= 0.6 is 0 Å². The molecule has 0 aliphatic heterocycles. The van der Waals surface area contributed by atoms with Crippen LogP contribution in [0.15, 0.2) is 137 Å². The van der Waals surface area contributed by atoms with E-state index in [1.54, 1.807) is 0 Å². The SMILES string of the molecule is CC(C)c1ccc(-c2ccc(-c3cccc4oc(-c5ccccc5N=Cc5cccc(C(C)(C)C)c5)nc34)c3ccccc23)cc1. The molecule has 0 aliphatic rings. The smallest absolute Gasteiger partial charge is 0.229 e. The minimum absolute atomic E-state index is 0.0718. The fraction of sp³-hybridized carbons (Fsp3) is 0.163. The molecule has 0 aliphatic carbocycles. The number of benzene rings is 6. The lowest BCUT2D eigenvalue weighted by molar-refractivity contribution is 0.590. The van der Waals surface area contributed by atoms with Gasteiger partial charge in [-0.25, -0.2) is 4.98 Å². The van der Waals surface area contributed by atoms with Crippen molar-refractivity contribution in [1.82, 2.24) is 4.98 Å². The lowest BCUT2D eigenvalue weighted by atomic mass is 9.86. The molecule has 0 fully saturated rings. The highest BCUT2D eigenvalue weighted by Crippen LogP contribution is 2.40. The normalized spacial score (nSPS) is 12.1. The van der Waals surface area contributed by atoms with Gasteiger partial charge in [0.25, 0.3) is 0 Å². The maximum absolute atomic E-state index is 6.42. The molecule has 0 amide bonds. The zero-order valence-corrected chi connectivity index (χ0v) is 27.1. The minimum atomic E-state index is 0.0718. The van der Waals surface area contributed by atoms with Crippen molar-refractivity contribution in [2.45, 2.75) is 46.0 Å². The Kier molecular flexibility index (Phi) is 7.62. The number of aliphatic imine (C=N–C) groups is 1. The summed E-state index contributed by atoms with van der Waals surface area (Å²) in [6, 6.07) is 44.8. The molecular formula is C43H38N2O. The van der Waals surface area contributed by atoms with Crippen LogP contribution < -0.4 is 0 Å². The molecule has 7 aromatic rings. The summed E-state index contributed by atoms with van der Waals surface area (Å²) in [7, 11) is 0. The van der Waals surface area contributed by atoms with Crippen LogP contribution in [0.25, 0.3) is 55.6 Å². The Morgan fingerprint density at radius 3 is 2.09 bits per heavy atom. The number of rotatable bonds is 6. The molecule has 46 heavy (non-hydrogen) atoms. The molecule has 0 radical (unpaired) electrons. The molecule has 0 spiro atoms. The first-order valence-corrected chi connectivity index (χ1v) is 16.0. The summed E-state index contributed by atoms with van der Waals surface area (Å²) in [5.74, 6) is 1.06. The van der Waals surface area contributed by atoms with Crippen molar-refractivity contribution in [2.75, 3.05) is 0 Å². The standard InChI is InChI=1S/C43H38N2O/c1-28(2)30-20-22-31(23-21-30)33-24-25-36(35-15-7-6-14-34(33)35)37-17-11-19-40-41(37)45-42(46-40)38-16-8-9-18-39(38)44-27-29-12-10-13-32(26-29)43(3,4)5/h6-28H,1-5H3. The molecule has 0 bridgehead atoms. The van der Waals surface area contributed by atoms with E-state index in [1.807, 2.05) is 42.6 Å². The van der Waals surface area contributed by atoms with E-state index < -0.39 is 0 Å². The van der Waals surface area contributed by atoms with E-state index in [-0.39, 0.29) is 5.41 Å². The number of hydrogen-bond acceptors (Lipinski definition) is 3. The summed E-state index contributed by atoms with van der Waals surface area (Å²) < 4.78 is 6.42. The predicted molar refractivity (Wildman–Crippen MR) is 194 cm³/mol. The second kappa shape index (κ2) is 11.9. The fourth-order valence-corrected chi connectivity index (χ4v) is 6.11. The molecule has 0 saturated carbocycles. The molecular weight excluding hydrogens is 560 g/mol. The summed E-state index contributed by atoms with van der Waals surface area (Å²) in [5.41, 5.74) is 11.7. The first kappa shape index (κ1) is 29.4. The third-order valence-electron chi connectivity index (χ3n) is 8.76. The second-order valence-electron chi connectivity index (χ2n) is 13.3. The van der Waals surface area contributed by atoms with E-state index in [0.717, 1.165) is 39.0 Å². The van der Waals surface area contributed by atoms with Gasteiger partial charge in [-0.05, 0) is 79.8 Å². The van der Waals surface area contributed by atoms with Gasteiger partial charge in [0.05, 0.1) is 11.3 Å². The van der Waals surface area contributed by atoms with Crippen LogP contribution in [-0.2, 0) is 5.41 Å². The number of fused-ring (bicyclic) bond motifs is 2. The predicted octanol–water partition coefficient (Wildman–Crippen LogP) is 12.2. The van der Waals surface area contributed by atoms with E-state index in [2.05, 4.69) is 126 Å². The maximum Gasteiger partial charge on any atom is 0.229 e. The number of para-hydroxylation sites is 2. The van der Waals surface area contributed by atoms with E-state index in [0.29, 0.717) is 11.8 Å². The highest BCUT2D eigenvalue weighted by atomic mass is 16.3. The van der Waals surface area contributed by atoms with Crippen LogP contribution in [0.3, 0.4) is 0 Å². The van der Waals surface area contributed by atoms with E-state index in [1.165, 1.54) is 33.0 Å². The molecule has 226 valence electrons. The number of nitrogens with zero attached hydrogens (tertiary/aromatic N) is 2. The third-order valence-corrected chi connectivity index (χ3v) is 8.76. The van der Waals surface area contributed by atoms with E-state index in [4.69, 9.17) is 14.4 Å². The minimum Gasteiger partial charge on any atom is -0.436 e. The zero-order valence-electron chi connectivity index (χ0n) is 27.1. The van der Waals surface area contributed by atoms with Crippen LogP contribution in [0.5, 0.6) is 0 Å². The van der Waals surface area contributed by atoms with Crippen molar-refractivity contribution in [3.05, 3.63) is 144 Å². The molecule has 0 atom stereocenters. The van der Waals surface area contributed by atoms with Crippen LogP contribution in [0.1, 0.15) is 57.2 Å². The lowest BCUT2D eigenvalue weighted by Gasteiger charge is -2.19. The monoisotopic (exact) mass is 598 g/mol. The number of hydrogen-bond donors (Lipinski definition) is 0. The van der Waals surface area contributed by atoms with Gasteiger partial charge in [0, 0.05) is 11.8 Å². The zero-order chi connectivity index (χ0) is 31.8. The van der Waals surface area contributed by atoms with Crippen LogP contribution in [-0.4, -0.2) is 11.2 Å². The Balaban J connectivity index is 1.29. The first-order valence-electron chi connectivity index (χ1n) is 16.0. The van der Waals surface area contributed by atoms with Gasteiger partial charge in [-0.2, -0.15) is 0 Å². The lowest BCUT2D eigenvalue weighted by Crippen LogP contribution is -2.11. The highest BCUT2D eigenvalue weighted by Gasteiger charge is 2.18. The van der Waals surface area contributed by atoms with Gasteiger partial charge in [-0.15, -0.1) is 0 Å². The highest BCUT2D eigenvalue weighted by molar-refractivity contribution is 6.08. The Morgan fingerprint density at radius 2 is 1.33 bits per heavy atom. The van der Waals surface area contributed by atoms with Gasteiger partial charge in [-0.1, -0.05) is 138 Å². The molecule has 6 aromatic carbocycles. The number of oxazole rings is 1. The molecule has 7 rings (SSSR count). The van der Waals surface area contributed by atoms with E-state index >= 15 is 0 Å². The fourth-order valence-electron chi connectivity index (χ4n) is 6.11. The van der Waals surface area contributed by atoms with Crippen LogP contribution in [0.2, 0.25) is 0 Å². The summed E-state index contributed by atoms with van der Waals surface area (Å²) in [6.07, 6.45) is 1.92. The van der Waals surface area contributed by atoms with Gasteiger partial charge in [0.2, 0.25) is 5.89 Å². The summed E-state index contributed by atoms with van der Waals surface area (Å²) >= 11 is 0. The van der Waals surface area contributed by atoms with Crippen molar-refractivity contribution in [3.8, 4) is 33.7 Å². The maximum atomic E-state index is 6.42. The Hall–Kier alpha value is -5.28. The quantitative estimate of drug-likeness (QED) is 0.179. The summed E-state index contributed by atoms with van der Waals surface area (Å²) in [6.45, 7) is 11.1. The average molecular weight is 599 g/mol. The van der Waals surface area contributed by atoms with Gasteiger partial charge in [-0.3, -0.25) is 4.99 Å². The molecule has 1 aromatic heterocycles. The Labute approximate surface area is 271 Å². The van der Waals surface area contributed by atoms with Gasteiger partial charge < -0.3 is 4.42 Å². The second-order valence-corrected chi connectivity index (χ2v) is 13.3. The molecule has 3 heteroatoms. The summed E-state index contributed by atoms with van der Waals surface area (Å²) in [5, 5.41) is 2.40. The van der Waals surface area contributed by atoms with Gasteiger partial charge in [0.15, 0.2) is 5.58 Å². The third kappa shape index (κ3) is 5.65. The van der Waals surface area contributed by atoms with E-state index in [9.17, 15) is 0 Å². The van der Waals surface area contributed by atoms with Gasteiger partial charge >= 0.3 is 0 Å². The van der Waals surface area contributed by atoms with Gasteiger partial charge in [0.1, 0.15) is 5.52 Å². The van der Waals surface area contributed by atoms with Crippen molar-refractivity contribution in [2.24, 2.45) is 4.99 Å². The Morgan fingerprint density at radius 1 is 0.652 bits per heavy atom. The first-order chi connectivity index (χ1) is 22.3. The molecule has 0 saturated heterocycles. The number of aromatic nitrogens is 1.